The lowest BCUT2D eigenvalue weighted by atomic mass is 10.1. The Morgan fingerprint density at radius 2 is 2.20 bits per heavy atom. The van der Waals surface area contributed by atoms with E-state index in [0.29, 0.717) is 18.4 Å². The number of hydrogen-bond acceptors (Lipinski definition) is 8. The van der Waals surface area contributed by atoms with Crippen LogP contribution in [0.4, 0.5) is 4.39 Å². The highest BCUT2D eigenvalue weighted by atomic mass is 19.1. The zero-order chi connectivity index (χ0) is 21.0. The number of imidazole rings is 1. The fourth-order valence-corrected chi connectivity index (χ4v) is 3.50. The van der Waals surface area contributed by atoms with Gasteiger partial charge in [0.15, 0.2) is 5.69 Å². The Morgan fingerprint density at radius 1 is 1.40 bits per heavy atom. The maximum Gasteiger partial charge on any atom is 0.279 e. The van der Waals surface area contributed by atoms with Crippen molar-refractivity contribution in [1.82, 2.24) is 24.1 Å². The quantitative estimate of drug-likeness (QED) is 0.521. The molecule has 3 aromatic heterocycles. The van der Waals surface area contributed by atoms with Gasteiger partial charge in [-0.2, -0.15) is 10.2 Å². The number of benzene rings is 1. The summed E-state index contributed by atoms with van der Waals surface area (Å²) in [6.07, 6.45) is 2.45. The largest absolute Gasteiger partial charge is 0.383 e. The summed E-state index contributed by atoms with van der Waals surface area (Å²) in [5.74, 6) is -0.590. The van der Waals surface area contributed by atoms with Crippen LogP contribution in [0.2, 0.25) is 0 Å². The van der Waals surface area contributed by atoms with E-state index in [4.69, 9.17) is 9.26 Å². The first-order chi connectivity index (χ1) is 14.5. The summed E-state index contributed by atoms with van der Waals surface area (Å²) in [5, 5.41) is 23.5. The fraction of sp³-hybridized carbons (Fsp3) is 0.316. The number of methoxy groups -OCH3 is 1. The molecule has 4 aromatic rings. The molecule has 0 amide bonds. The third-order valence-electron chi connectivity index (χ3n) is 5.25. The van der Waals surface area contributed by atoms with Crippen LogP contribution in [0.5, 0.6) is 0 Å². The molecule has 0 bridgehead atoms. The number of ether oxygens (including phenoxy) is 1. The predicted molar refractivity (Wildman–Crippen MR) is 99.9 cm³/mol. The molecule has 11 heteroatoms. The second-order valence-corrected chi connectivity index (χ2v) is 7.12. The Labute approximate surface area is 167 Å². The summed E-state index contributed by atoms with van der Waals surface area (Å²) in [7, 11) is 1.48. The van der Waals surface area contributed by atoms with E-state index in [2.05, 4.69) is 15.1 Å². The average molecular weight is 410 g/mol. The van der Waals surface area contributed by atoms with Gasteiger partial charge in [-0.15, -0.1) is 0 Å². The van der Waals surface area contributed by atoms with E-state index in [1.54, 1.807) is 0 Å². The second kappa shape index (κ2) is 6.45. The molecule has 1 aliphatic rings. The van der Waals surface area contributed by atoms with Gasteiger partial charge in [-0.3, -0.25) is 9.20 Å². The third-order valence-corrected chi connectivity index (χ3v) is 5.25. The van der Waals surface area contributed by atoms with Crippen LogP contribution in [0, 0.1) is 17.1 Å². The molecule has 0 unspecified atom stereocenters. The minimum atomic E-state index is -1.10. The maximum absolute atomic E-state index is 14.3. The Hall–Kier alpha value is -3.62. The molecule has 152 valence electrons. The van der Waals surface area contributed by atoms with Gasteiger partial charge in [-0.1, -0.05) is 5.16 Å². The number of nitriles is 1. The van der Waals surface area contributed by atoms with Crippen molar-refractivity contribution < 1.29 is 18.8 Å². The Balaban J connectivity index is 1.83. The van der Waals surface area contributed by atoms with Crippen molar-refractivity contribution in [3.63, 3.8) is 0 Å². The van der Waals surface area contributed by atoms with E-state index in [1.807, 2.05) is 6.07 Å². The van der Waals surface area contributed by atoms with E-state index in [9.17, 15) is 19.6 Å². The summed E-state index contributed by atoms with van der Waals surface area (Å²) in [6, 6.07) is 4.47. The van der Waals surface area contributed by atoms with Crippen LogP contribution in [0.15, 0.2) is 27.8 Å². The van der Waals surface area contributed by atoms with E-state index in [-0.39, 0.29) is 47.2 Å². The Kier molecular flexibility index (Phi) is 3.96. The molecule has 0 radical (unpaired) electrons. The van der Waals surface area contributed by atoms with Crippen LogP contribution in [0.3, 0.4) is 0 Å². The normalized spacial score (nSPS) is 15.0. The number of hydrogen-bond donors (Lipinski definition) is 1. The van der Waals surface area contributed by atoms with Crippen LogP contribution in [-0.2, 0) is 16.9 Å². The van der Waals surface area contributed by atoms with E-state index in [0.717, 1.165) is 0 Å². The number of fused-ring (bicyclic) bond motifs is 3. The molecule has 1 N–H and O–H groups in total. The minimum absolute atomic E-state index is 0.00909. The lowest BCUT2D eigenvalue weighted by Gasteiger charge is -2.13. The molecule has 5 rings (SSSR count). The van der Waals surface area contributed by atoms with Crippen molar-refractivity contribution in [2.75, 3.05) is 13.7 Å². The number of nitrogens with zero attached hydrogens (tertiary/aromatic N) is 6. The molecule has 0 atom stereocenters. The summed E-state index contributed by atoms with van der Waals surface area (Å²) in [5.41, 5.74) is -1.02. The molecule has 1 fully saturated rings. The molecule has 30 heavy (non-hydrogen) atoms. The predicted octanol–water partition coefficient (Wildman–Crippen LogP) is 1.34. The molecule has 3 heterocycles. The van der Waals surface area contributed by atoms with Gasteiger partial charge in [-0.05, 0) is 25.0 Å². The fourth-order valence-electron chi connectivity index (χ4n) is 3.50. The summed E-state index contributed by atoms with van der Waals surface area (Å²) < 4.78 is 27.4. The first-order valence-electron chi connectivity index (χ1n) is 9.16. The van der Waals surface area contributed by atoms with E-state index < -0.39 is 17.0 Å². The highest BCUT2D eigenvalue weighted by Crippen LogP contribution is 2.44. The van der Waals surface area contributed by atoms with Crippen molar-refractivity contribution in [3.8, 4) is 17.7 Å². The number of rotatable bonds is 5. The summed E-state index contributed by atoms with van der Waals surface area (Å²) >= 11 is 0. The molecule has 1 aliphatic carbocycles. The molecule has 0 aliphatic heterocycles. The topological polar surface area (TPSA) is 131 Å². The highest BCUT2D eigenvalue weighted by Gasteiger charge is 2.47. The maximum atomic E-state index is 14.3. The van der Waals surface area contributed by atoms with Crippen molar-refractivity contribution in [3.05, 3.63) is 46.0 Å². The van der Waals surface area contributed by atoms with Crippen molar-refractivity contribution in [2.45, 2.75) is 25.0 Å². The molecule has 1 aromatic carbocycles. The first-order valence-corrected chi connectivity index (χ1v) is 9.16. The van der Waals surface area contributed by atoms with Crippen molar-refractivity contribution >= 4 is 16.6 Å². The average Bonchev–Trinajstić information content (AvgIpc) is 3.15. The van der Waals surface area contributed by atoms with Crippen molar-refractivity contribution in [1.29, 1.82) is 5.26 Å². The number of halogens is 1. The lowest BCUT2D eigenvalue weighted by Crippen LogP contribution is -2.25. The van der Waals surface area contributed by atoms with Gasteiger partial charge in [0, 0.05) is 13.7 Å². The van der Waals surface area contributed by atoms with Crippen LogP contribution in [0.1, 0.15) is 24.2 Å². The zero-order valence-corrected chi connectivity index (χ0v) is 15.8. The van der Waals surface area contributed by atoms with Crippen LogP contribution in [-0.4, -0.2) is 42.9 Å². The molecule has 1 saturated carbocycles. The zero-order valence-electron chi connectivity index (χ0n) is 15.8. The van der Waals surface area contributed by atoms with Crippen molar-refractivity contribution in [2.24, 2.45) is 0 Å². The standard InChI is InChI=1S/C19H15FN6O4/c1-29-7-6-25-14-10(8-21)11(20)2-3-12(14)26-9-22-13(15(26)17(25)27)16-23-18(24-30-16)19(28)4-5-19/h2-3,9,28H,4-7H2,1H3. The molecular formula is C19H15FN6O4. The molecule has 10 nitrogen and oxygen atoms in total. The molecular weight excluding hydrogens is 395 g/mol. The Bertz CT molecular complexity index is 1410. The number of aliphatic hydroxyl groups is 1. The monoisotopic (exact) mass is 410 g/mol. The second-order valence-electron chi connectivity index (χ2n) is 7.12. The van der Waals surface area contributed by atoms with Gasteiger partial charge in [0.25, 0.3) is 11.4 Å². The van der Waals surface area contributed by atoms with Crippen LogP contribution in [0.25, 0.3) is 28.1 Å². The smallest absolute Gasteiger partial charge is 0.279 e. The Morgan fingerprint density at radius 3 is 2.90 bits per heavy atom. The summed E-state index contributed by atoms with van der Waals surface area (Å²) in [4.78, 5) is 21.8. The minimum Gasteiger partial charge on any atom is -0.383 e. The van der Waals surface area contributed by atoms with Gasteiger partial charge in [0.2, 0.25) is 5.82 Å². The van der Waals surface area contributed by atoms with Crippen LogP contribution >= 0.6 is 0 Å². The van der Waals surface area contributed by atoms with E-state index >= 15 is 0 Å². The van der Waals surface area contributed by atoms with Gasteiger partial charge in [0.1, 0.15) is 34.9 Å². The van der Waals surface area contributed by atoms with E-state index in [1.165, 1.54) is 34.5 Å². The number of aromatic nitrogens is 5. The lowest BCUT2D eigenvalue weighted by molar-refractivity contribution is 0.137. The van der Waals surface area contributed by atoms with Gasteiger partial charge >= 0.3 is 0 Å². The third kappa shape index (κ3) is 2.54. The van der Waals surface area contributed by atoms with Gasteiger partial charge < -0.3 is 18.9 Å². The molecule has 0 spiro atoms. The SMILES string of the molecule is COCCn1c(=O)c2c(-c3nc(C4(O)CC4)no3)ncn2c2ccc(F)c(C#N)c21. The van der Waals surface area contributed by atoms with Gasteiger partial charge in [-0.25, -0.2) is 9.37 Å². The van der Waals surface area contributed by atoms with Gasteiger partial charge in [0.05, 0.1) is 17.6 Å². The summed E-state index contributed by atoms with van der Waals surface area (Å²) in [6.45, 7) is 0.272. The van der Waals surface area contributed by atoms with Crippen LogP contribution < -0.4 is 5.56 Å². The molecule has 0 saturated heterocycles. The highest BCUT2D eigenvalue weighted by molar-refractivity contribution is 5.87. The first kappa shape index (κ1) is 18.4.